The fourth-order valence-electron chi connectivity index (χ4n) is 2.85. The van der Waals surface area contributed by atoms with E-state index in [0.717, 1.165) is 12.1 Å². The van der Waals surface area contributed by atoms with E-state index in [1.165, 1.54) is 30.3 Å². The molecule has 3 aromatic carbocycles. The topological polar surface area (TPSA) is 113 Å². The highest BCUT2D eigenvalue weighted by molar-refractivity contribution is 5.95. The van der Waals surface area contributed by atoms with E-state index in [1.54, 1.807) is 12.1 Å². The average molecular weight is 398 g/mol. The molecule has 0 amide bonds. The standard InChI is InChI=1S/C21H16F2N2O4/c22-16-4-3-13(10-17(16)23)25-19-6-2-12(9-15(19)21(28)29)7-11-1-5-18(24)14(8-11)20(26)27/h1-6,8-10,25H,7,24H2,(H,26,27)(H,28,29). The summed E-state index contributed by atoms with van der Waals surface area (Å²) in [6.45, 7) is 0. The number of anilines is 3. The zero-order valence-corrected chi connectivity index (χ0v) is 14.9. The van der Waals surface area contributed by atoms with Crippen molar-refractivity contribution in [2.75, 3.05) is 11.1 Å². The van der Waals surface area contributed by atoms with Gasteiger partial charge in [-0.1, -0.05) is 12.1 Å². The molecule has 0 heterocycles. The average Bonchev–Trinajstić information content (AvgIpc) is 2.67. The van der Waals surface area contributed by atoms with Crippen molar-refractivity contribution < 1.29 is 28.6 Å². The normalized spacial score (nSPS) is 10.6. The van der Waals surface area contributed by atoms with Gasteiger partial charge in [0.1, 0.15) is 0 Å². The fraction of sp³-hybridized carbons (Fsp3) is 0.0476. The number of nitrogen functional groups attached to an aromatic ring is 1. The molecule has 3 rings (SSSR count). The minimum Gasteiger partial charge on any atom is -0.478 e. The van der Waals surface area contributed by atoms with Gasteiger partial charge < -0.3 is 21.3 Å². The maximum atomic E-state index is 13.4. The second kappa shape index (κ2) is 7.97. The predicted octanol–water partition coefficient (Wildman–Crippen LogP) is 4.28. The Bertz CT molecular complexity index is 1120. The van der Waals surface area contributed by atoms with Crippen molar-refractivity contribution in [2.45, 2.75) is 6.42 Å². The molecular formula is C21H16F2N2O4. The first-order chi connectivity index (χ1) is 13.7. The lowest BCUT2D eigenvalue weighted by Gasteiger charge is -2.12. The van der Waals surface area contributed by atoms with Crippen LogP contribution < -0.4 is 11.1 Å². The fourth-order valence-corrected chi connectivity index (χ4v) is 2.85. The monoisotopic (exact) mass is 398 g/mol. The summed E-state index contributed by atoms with van der Waals surface area (Å²) in [5, 5.41) is 21.5. The van der Waals surface area contributed by atoms with E-state index >= 15 is 0 Å². The lowest BCUT2D eigenvalue weighted by Crippen LogP contribution is -2.05. The van der Waals surface area contributed by atoms with Gasteiger partial charge in [-0.15, -0.1) is 0 Å². The Morgan fingerprint density at radius 2 is 1.45 bits per heavy atom. The van der Waals surface area contributed by atoms with E-state index in [0.29, 0.717) is 11.1 Å². The van der Waals surface area contributed by atoms with Crippen LogP contribution in [0.1, 0.15) is 31.8 Å². The van der Waals surface area contributed by atoms with Gasteiger partial charge in [-0.3, -0.25) is 0 Å². The van der Waals surface area contributed by atoms with Crippen LogP contribution in [0.15, 0.2) is 54.6 Å². The molecule has 8 heteroatoms. The number of carbonyl (C=O) groups is 2. The minimum atomic E-state index is -1.21. The van der Waals surface area contributed by atoms with Gasteiger partial charge in [0.05, 0.1) is 16.8 Å². The van der Waals surface area contributed by atoms with Crippen LogP contribution in [0, 0.1) is 11.6 Å². The molecule has 0 saturated heterocycles. The highest BCUT2D eigenvalue weighted by atomic mass is 19.2. The number of hydrogen-bond acceptors (Lipinski definition) is 4. The van der Waals surface area contributed by atoms with Crippen LogP contribution >= 0.6 is 0 Å². The molecule has 0 aliphatic carbocycles. The molecule has 6 nitrogen and oxygen atoms in total. The van der Waals surface area contributed by atoms with Crippen LogP contribution in [0.5, 0.6) is 0 Å². The highest BCUT2D eigenvalue weighted by Crippen LogP contribution is 2.25. The molecule has 0 aliphatic rings. The molecule has 5 N–H and O–H groups in total. The molecule has 0 bridgehead atoms. The van der Waals surface area contributed by atoms with Crippen molar-refractivity contribution in [3.05, 3.63) is 88.5 Å². The Kier molecular flexibility index (Phi) is 5.45. The molecule has 0 spiro atoms. The Hall–Kier alpha value is -3.94. The van der Waals surface area contributed by atoms with E-state index in [-0.39, 0.29) is 34.6 Å². The first-order valence-corrected chi connectivity index (χ1v) is 8.44. The van der Waals surface area contributed by atoms with Crippen LogP contribution in [0.3, 0.4) is 0 Å². The van der Waals surface area contributed by atoms with Crippen molar-refractivity contribution in [1.29, 1.82) is 0 Å². The quantitative estimate of drug-likeness (QED) is 0.461. The Morgan fingerprint density at radius 3 is 2.07 bits per heavy atom. The number of nitrogens with one attached hydrogen (secondary N) is 1. The molecule has 0 aromatic heterocycles. The maximum Gasteiger partial charge on any atom is 0.337 e. The third-order valence-corrected chi connectivity index (χ3v) is 4.27. The van der Waals surface area contributed by atoms with Crippen LogP contribution in [-0.4, -0.2) is 22.2 Å². The SMILES string of the molecule is Nc1ccc(Cc2ccc(Nc3ccc(F)c(F)c3)c(C(=O)O)c2)cc1C(=O)O. The van der Waals surface area contributed by atoms with Gasteiger partial charge in [-0.05, 0) is 53.9 Å². The van der Waals surface area contributed by atoms with Gasteiger partial charge in [0.2, 0.25) is 0 Å². The summed E-state index contributed by atoms with van der Waals surface area (Å²) in [7, 11) is 0. The number of aromatic carboxylic acids is 2. The molecule has 0 fully saturated rings. The molecule has 0 radical (unpaired) electrons. The zero-order valence-electron chi connectivity index (χ0n) is 14.9. The van der Waals surface area contributed by atoms with E-state index in [9.17, 15) is 28.6 Å². The van der Waals surface area contributed by atoms with E-state index in [1.807, 2.05) is 0 Å². The molecule has 0 unspecified atom stereocenters. The molecule has 0 aliphatic heterocycles. The smallest absolute Gasteiger partial charge is 0.337 e. The maximum absolute atomic E-state index is 13.4. The number of benzene rings is 3. The summed E-state index contributed by atoms with van der Waals surface area (Å²) in [5.41, 5.74) is 7.36. The number of nitrogens with two attached hydrogens (primary N) is 1. The molecule has 29 heavy (non-hydrogen) atoms. The third-order valence-electron chi connectivity index (χ3n) is 4.27. The number of carboxylic acids is 2. The number of halogens is 2. The summed E-state index contributed by atoms with van der Waals surface area (Å²) in [6, 6.07) is 12.3. The van der Waals surface area contributed by atoms with Crippen molar-refractivity contribution in [2.24, 2.45) is 0 Å². The van der Waals surface area contributed by atoms with Crippen LogP contribution in [0.4, 0.5) is 25.8 Å². The first kappa shape index (κ1) is 19.8. The Morgan fingerprint density at radius 1 is 0.828 bits per heavy atom. The number of carboxylic acid groups (broad SMARTS) is 2. The Labute approximate surface area is 164 Å². The lowest BCUT2D eigenvalue weighted by molar-refractivity contribution is 0.0687. The molecule has 148 valence electrons. The van der Waals surface area contributed by atoms with Gasteiger partial charge >= 0.3 is 11.9 Å². The highest BCUT2D eigenvalue weighted by Gasteiger charge is 2.14. The number of hydrogen-bond donors (Lipinski definition) is 4. The van der Waals surface area contributed by atoms with Gasteiger partial charge in [-0.25, -0.2) is 18.4 Å². The summed E-state index contributed by atoms with van der Waals surface area (Å²) >= 11 is 0. The van der Waals surface area contributed by atoms with E-state index in [2.05, 4.69) is 5.32 Å². The van der Waals surface area contributed by atoms with E-state index < -0.39 is 23.6 Å². The predicted molar refractivity (Wildman–Crippen MR) is 104 cm³/mol. The van der Waals surface area contributed by atoms with Crippen molar-refractivity contribution in [1.82, 2.24) is 0 Å². The largest absolute Gasteiger partial charge is 0.478 e. The lowest BCUT2D eigenvalue weighted by atomic mass is 9.99. The van der Waals surface area contributed by atoms with Crippen LogP contribution in [0.2, 0.25) is 0 Å². The summed E-state index contributed by atoms with van der Waals surface area (Å²) < 4.78 is 26.4. The van der Waals surface area contributed by atoms with Crippen molar-refractivity contribution in [3.63, 3.8) is 0 Å². The van der Waals surface area contributed by atoms with Crippen LogP contribution in [-0.2, 0) is 6.42 Å². The summed E-state index contributed by atoms with van der Waals surface area (Å²) in [5.74, 6) is -4.42. The molecule has 3 aromatic rings. The van der Waals surface area contributed by atoms with Crippen molar-refractivity contribution >= 4 is 29.0 Å². The molecule has 0 atom stereocenters. The second-order valence-corrected chi connectivity index (χ2v) is 6.34. The Balaban J connectivity index is 1.90. The van der Waals surface area contributed by atoms with Gasteiger partial charge in [-0.2, -0.15) is 0 Å². The summed E-state index contributed by atoms with van der Waals surface area (Å²) in [4.78, 5) is 22.9. The second-order valence-electron chi connectivity index (χ2n) is 6.34. The molecule has 0 saturated carbocycles. The van der Waals surface area contributed by atoms with Gasteiger partial charge in [0.25, 0.3) is 0 Å². The summed E-state index contributed by atoms with van der Waals surface area (Å²) in [6.07, 6.45) is 0.284. The minimum absolute atomic E-state index is 0.0300. The van der Waals surface area contributed by atoms with Gasteiger partial charge in [0, 0.05) is 17.4 Å². The number of rotatable bonds is 6. The van der Waals surface area contributed by atoms with Crippen molar-refractivity contribution in [3.8, 4) is 0 Å². The van der Waals surface area contributed by atoms with Gasteiger partial charge in [0.15, 0.2) is 11.6 Å². The third kappa shape index (κ3) is 4.49. The van der Waals surface area contributed by atoms with E-state index in [4.69, 9.17) is 5.73 Å². The first-order valence-electron chi connectivity index (χ1n) is 8.44. The van der Waals surface area contributed by atoms with Crippen LogP contribution in [0.25, 0.3) is 0 Å². The molecular weight excluding hydrogens is 382 g/mol. The zero-order chi connectivity index (χ0) is 21.1.